The zero-order chi connectivity index (χ0) is 18.3. The fourth-order valence-electron chi connectivity index (χ4n) is 2.72. The van der Waals surface area contributed by atoms with Crippen LogP contribution in [0.4, 0.5) is 27.6 Å². The van der Waals surface area contributed by atoms with E-state index in [4.69, 9.17) is 0 Å². The number of rotatable bonds is 3. The molecule has 0 spiro atoms. The second-order valence-corrected chi connectivity index (χ2v) is 5.46. The van der Waals surface area contributed by atoms with Crippen LogP contribution in [0.2, 0.25) is 0 Å². The second kappa shape index (κ2) is 6.00. The molecule has 0 aromatic heterocycles. The smallest absolute Gasteiger partial charge is 0.395 e. The Morgan fingerprint density at radius 2 is 2.04 bits per heavy atom. The molecule has 0 unspecified atom stereocenters. The Bertz CT molecular complexity index is 679. The number of carbonyl (C=O) groups is 2. The second-order valence-electron chi connectivity index (χ2n) is 5.46. The number of hydrogen-bond donors (Lipinski definition) is 2. The summed E-state index contributed by atoms with van der Waals surface area (Å²) in [5.41, 5.74) is -3.58. The number of nitrogens with zero attached hydrogens (tertiary/aromatic N) is 1. The Morgan fingerprint density at radius 1 is 1.42 bits per heavy atom. The van der Waals surface area contributed by atoms with Crippen LogP contribution in [0.25, 0.3) is 0 Å². The summed E-state index contributed by atoms with van der Waals surface area (Å²) in [4.78, 5) is 25.1. The van der Waals surface area contributed by atoms with Gasteiger partial charge in [0.15, 0.2) is 17.0 Å². The zero-order valence-corrected chi connectivity index (χ0v) is 12.3. The molecule has 1 aromatic rings. The van der Waals surface area contributed by atoms with E-state index in [9.17, 15) is 36.6 Å². The molecule has 0 bridgehead atoms. The molecule has 0 radical (unpaired) electrons. The van der Waals surface area contributed by atoms with Crippen LogP contribution in [0.3, 0.4) is 0 Å². The van der Waals surface area contributed by atoms with Gasteiger partial charge in [0.25, 0.3) is 0 Å². The summed E-state index contributed by atoms with van der Waals surface area (Å²) in [6, 6.07) is 2.70. The summed E-state index contributed by atoms with van der Waals surface area (Å²) < 4.78 is 66.5. The van der Waals surface area contributed by atoms with E-state index in [0.717, 1.165) is 25.2 Å². The third-order valence-corrected chi connectivity index (χ3v) is 4.03. The van der Waals surface area contributed by atoms with Crippen molar-refractivity contribution in [3.8, 4) is 0 Å². The topological polar surface area (TPSA) is 69.6 Å². The lowest BCUT2D eigenvalue weighted by atomic mass is 9.76. The number of nitrogens with one attached hydrogen (secondary N) is 1. The number of benzene rings is 1. The third kappa shape index (κ3) is 2.70. The maximum absolute atomic E-state index is 13.6. The predicted molar refractivity (Wildman–Crippen MR) is 71.7 cm³/mol. The van der Waals surface area contributed by atoms with Crippen LogP contribution in [0.1, 0.15) is 0 Å². The Labute approximate surface area is 133 Å². The van der Waals surface area contributed by atoms with Gasteiger partial charge in [-0.15, -0.1) is 0 Å². The highest BCUT2D eigenvalue weighted by Crippen LogP contribution is 2.46. The standard InChI is InChI=1S/C14H13F5N2O3/c1-21-5-9(14(17,18)19)13(6-22,12(21)24)11(23)20-8-4-2-3-7(15)10(8)16/h2-4,9,22H,5-6H2,1H3,(H,20,23)/t9-,13+/m0/s1. The van der Waals surface area contributed by atoms with Gasteiger partial charge in [-0.1, -0.05) is 6.07 Å². The Morgan fingerprint density at radius 3 is 2.58 bits per heavy atom. The van der Waals surface area contributed by atoms with E-state index >= 15 is 0 Å². The van der Waals surface area contributed by atoms with Crippen LogP contribution in [-0.4, -0.2) is 48.2 Å². The molecule has 10 heteroatoms. The normalized spacial score (nSPS) is 24.4. The quantitative estimate of drug-likeness (QED) is 0.640. The fourth-order valence-corrected chi connectivity index (χ4v) is 2.72. The first kappa shape index (κ1) is 18.1. The number of carbonyl (C=O) groups excluding carboxylic acids is 2. The van der Waals surface area contributed by atoms with Crippen LogP contribution in [-0.2, 0) is 9.59 Å². The van der Waals surface area contributed by atoms with Gasteiger partial charge >= 0.3 is 6.18 Å². The summed E-state index contributed by atoms with van der Waals surface area (Å²) in [7, 11) is 1.05. The minimum absolute atomic E-state index is 0.663. The number of halogens is 5. The molecule has 132 valence electrons. The van der Waals surface area contributed by atoms with E-state index in [0.29, 0.717) is 4.90 Å². The fraction of sp³-hybridized carbons (Fsp3) is 0.429. The zero-order valence-electron chi connectivity index (χ0n) is 12.3. The van der Waals surface area contributed by atoms with Crippen molar-refractivity contribution >= 4 is 17.5 Å². The number of likely N-dealkylation sites (tertiary alicyclic amines) is 1. The lowest BCUT2D eigenvalue weighted by molar-refractivity contribution is -0.202. The molecule has 2 amide bonds. The summed E-state index contributed by atoms with van der Waals surface area (Å²) in [5.74, 6) is -8.09. The van der Waals surface area contributed by atoms with Gasteiger partial charge in [-0.05, 0) is 12.1 Å². The molecule has 1 aliphatic rings. The molecule has 5 nitrogen and oxygen atoms in total. The molecule has 1 aliphatic heterocycles. The van der Waals surface area contributed by atoms with Crippen LogP contribution in [0.15, 0.2) is 18.2 Å². The summed E-state index contributed by atoms with van der Waals surface area (Å²) in [6.45, 7) is -2.26. The number of alkyl halides is 3. The van der Waals surface area contributed by atoms with E-state index in [1.807, 2.05) is 0 Å². The molecule has 2 rings (SSSR count). The van der Waals surface area contributed by atoms with E-state index in [-0.39, 0.29) is 0 Å². The molecule has 0 aliphatic carbocycles. The summed E-state index contributed by atoms with van der Waals surface area (Å²) >= 11 is 0. The van der Waals surface area contributed by atoms with Crippen molar-refractivity contribution in [1.29, 1.82) is 0 Å². The Balaban J connectivity index is 2.45. The molecule has 0 saturated carbocycles. The maximum Gasteiger partial charge on any atom is 0.395 e. The van der Waals surface area contributed by atoms with E-state index in [1.54, 1.807) is 5.32 Å². The first-order chi connectivity index (χ1) is 11.1. The monoisotopic (exact) mass is 352 g/mol. The minimum atomic E-state index is -4.96. The molecule has 2 N–H and O–H groups in total. The molecule has 1 aromatic carbocycles. The van der Waals surface area contributed by atoms with Gasteiger partial charge in [-0.2, -0.15) is 13.2 Å². The van der Waals surface area contributed by atoms with Gasteiger partial charge in [-0.25, -0.2) is 8.78 Å². The van der Waals surface area contributed by atoms with Crippen molar-refractivity contribution in [3.05, 3.63) is 29.8 Å². The highest BCUT2D eigenvalue weighted by molar-refractivity contribution is 6.12. The van der Waals surface area contributed by atoms with Crippen LogP contribution in [0.5, 0.6) is 0 Å². The number of anilines is 1. The van der Waals surface area contributed by atoms with Crippen LogP contribution < -0.4 is 5.32 Å². The highest BCUT2D eigenvalue weighted by atomic mass is 19.4. The van der Waals surface area contributed by atoms with Crippen molar-refractivity contribution in [1.82, 2.24) is 4.90 Å². The first-order valence-corrected chi connectivity index (χ1v) is 6.74. The number of aliphatic hydroxyl groups excluding tert-OH is 1. The van der Waals surface area contributed by atoms with E-state index in [2.05, 4.69) is 0 Å². The summed E-state index contributed by atoms with van der Waals surface area (Å²) in [6.07, 6.45) is -4.96. The van der Waals surface area contributed by atoms with Crippen molar-refractivity contribution in [2.75, 3.05) is 25.5 Å². The molecular formula is C14H13F5N2O3. The SMILES string of the molecule is CN1C[C@H](C(F)(F)F)[C@](CO)(C(=O)Nc2cccc(F)c2F)C1=O. The van der Waals surface area contributed by atoms with Gasteiger partial charge in [0.05, 0.1) is 18.2 Å². The lowest BCUT2D eigenvalue weighted by Crippen LogP contribution is -2.53. The molecule has 1 fully saturated rings. The van der Waals surface area contributed by atoms with E-state index < -0.39 is 59.8 Å². The first-order valence-electron chi connectivity index (χ1n) is 6.74. The largest absolute Gasteiger partial charge is 0.395 e. The summed E-state index contributed by atoms with van der Waals surface area (Å²) in [5, 5.41) is 11.2. The molecule has 24 heavy (non-hydrogen) atoms. The molecule has 1 saturated heterocycles. The molecule has 2 atom stereocenters. The molecular weight excluding hydrogens is 339 g/mol. The third-order valence-electron chi connectivity index (χ3n) is 4.03. The average molecular weight is 352 g/mol. The maximum atomic E-state index is 13.6. The van der Waals surface area contributed by atoms with Crippen molar-refractivity contribution in [3.63, 3.8) is 0 Å². The number of hydrogen-bond acceptors (Lipinski definition) is 3. The van der Waals surface area contributed by atoms with Gasteiger partial charge in [0.2, 0.25) is 11.8 Å². The van der Waals surface area contributed by atoms with Crippen LogP contribution >= 0.6 is 0 Å². The number of amides is 2. The average Bonchev–Trinajstić information content (AvgIpc) is 2.77. The van der Waals surface area contributed by atoms with Crippen molar-refractivity contribution < 1.29 is 36.6 Å². The van der Waals surface area contributed by atoms with Crippen LogP contribution in [0, 0.1) is 23.0 Å². The molecule has 1 heterocycles. The number of aliphatic hydroxyl groups is 1. The lowest BCUT2D eigenvalue weighted by Gasteiger charge is -2.30. The van der Waals surface area contributed by atoms with Gasteiger partial charge in [-0.3, -0.25) is 9.59 Å². The Kier molecular flexibility index (Phi) is 4.53. The van der Waals surface area contributed by atoms with Crippen molar-refractivity contribution in [2.45, 2.75) is 6.18 Å². The van der Waals surface area contributed by atoms with Crippen molar-refractivity contribution in [2.24, 2.45) is 11.3 Å². The Hall–Kier alpha value is -2.23. The highest BCUT2D eigenvalue weighted by Gasteiger charge is 2.67. The van der Waals surface area contributed by atoms with Gasteiger partial charge in [0, 0.05) is 13.6 Å². The van der Waals surface area contributed by atoms with Gasteiger partial charge < -0.3 is 15.3 Å². The predicted octanol–water partition coefficient (Wildman–Crippen LogP) is 1.53. The minimum Gasteiger partial charge on any atom is -0.395 e. The van der Waals surface area contributed by atoms with E-state index in [1.165, 1.54) is 0 Å². The van der Waals surface area contributed by atoms with Gasteiger partial charge in [0.1, 0.15) is 0 Å².